The molecule has 1 heterocycles. The van der Waals surface area contributed by atoms with Crippen molar-refractivity contribution in [1.29, 1.82) is 0 Å². The summed E-state index contributed by atoms with van der Waals surface area (Å²) in [6.45, 7) is 2.19. The lowest BCUT2D eigenvalue weighted by Crippen LogP contribution is -2.34. The molecule has 2 atom stereocenters. The van der Waals surface area contributed by atoms with Crippen LogP contribution in [0, 0.1) is 18.8 Å². The zero-order valence-electron chi connectivity index (χ0n) is 13.5. The fourth-order valence-corrected chi connectivity index (χ4v) is 5.30. The van der Waals surface area contributed by atoms with Gasteiger partial charge in [0.05, 0.1) is 4.90 Å². The fourth-order valence-electron chi connectivity index (χ4n) is 3.81. The lowest BCUT2D eigenvalue weighted by molar-refractivity contribution is -0.127. The molecule has 1 aliphatic heterocycles. The van der Waals surface area contributed by atoms with Crippen LogP contribution in [0.2, 0.25) is 0 Å². The molecular weight excluding hydrogens is 322 g/mol. The van der Waals surface area contributed by atoms with E-state index in [2.05, 4.69) is 6.07 Å². The van der Waals surface area contributed by atoms with Crippen LogP contribution in [0.15, 0.2) is 53.4 Å². The molecule has 2 aliphatic rings. The highest BCUT2D eigenvalue weighted by Crippen LogP contribution is 2.38. The number of amides is 1. The molecule has 0 N–H and O–H groups in total. The standard InChI is InChI=1S/C19H19NO3S/c1-13-6-8-17(9-7-13)24(22,23)20-12-16-10-14-4-2-3-5-15(14)11-18(16)19(20)21/h2-9,16,18H,10-12H2,1H3/t16-,18-/m0/s1. The van der Waals surface area contributed by atoms with E-state index >= 15 is 0 Å². The maximum absolute atomic E-state index is 12.9. The number of rotatable bonds is 2. The number of hydrogen-bond donors (Lipinski definition) is 0. The van der Waals surface area contributed by atoms with Crippen molar-refractivity contribution in [3.63, 3.8) is 0 Å². The number of sulfonamides is 1. The molecule has 2 aromatic carbocycles. The molecule has 0 bridgehead atoms. The quantitative estimate of drug-likeness (QED) is 0.843. The summed E-state index contributed by atoms with van der Waals surface area (Å²) < 4.78 is 26.9. The Morgan fingerprint density at radius 2 is 1.58 bits per heavy atom. The Morgan fingerprint density at radius 1 is 0.958 bits per heavy atom. The van der Waals surface area contributed by atoms with Crippen LogP contribution in [-0.4, -0.2) is 25.2 Å². The van der Waals surface area contributed by atoms with Crippen molar-refractivity contribution in [3.8, 4) is 0 Å². The fraction of sp³-hybridized carbons (Fsp3) is 0.316. The lowest BCUT2D eigenvalue weighted by Gasteiger charge is -2.24. The zero-order valence-corrected chi connectivity index (χ0v) is 14.3. The molecule has 24 heavy (non-hydrogen) atoms. The van der Waals surface area contributed by atoms with Crippen molar-refractivity contribution in [1.82, 2.24) is 4.31 Å². The minimum absolute atomic E-state index is 0.0765. The third-order valence-electron chi connectivity index (χ3n) is 5.18. The summed E-state index contributed by atoms with van der Waals surface area (Å²) in [6.07, 6.45) is 1.41. The zero-order chi connectivity index (χ0) is 16.9. The minimum atomic E-state index is -3.77. The number of carbonyl (C=O) groups is 1. The second-order valence-corrected chi connectivity index (χ2v) is 8.59. The number of fused-ring (bicyclic) bond motifs is 2. The monoisotopic (exact) mass is 341 g/mol. The SMILES string of the molecule is Cc1ccc(S(=O)(=O)N2C[C@@H]3Cc4ccccc4C[C@@H]3C2=O)cc1. The normalized spacial score (nSPS) is 23.0. The lowest BCUT2D eigenvalue weighted by atomic mass is 9.78. The van der Waals surface area contributed by atoms with E-state index in [0.29, 0.717) is 6.42 Å². The van der Waals surface area contributed by atoms with E-state index in [1.165, 1.54) is 11.1 Å². The number of carbonyl (C=O) groups excluding carboxylic acids is 1. The smallest absolute Gasteiger partial charge is 0.266 e. The van der Waals surface area contributed by atoms with Crippen LogP contribution in [0.5, 0.6) is 0 Å². The summed E-state index contributed by atoms with van der Waals surface area (Å²) in [5.74, 6) is -0.400. The topological polar surface area (TPSA) is 54.5 Å². The van der Waals surface area contributed by atoms with Crippen LogP contribution in [-0.2, 0) is 27.7 Å². The van der Waals surface area contributed by atoms with Crippen molar-refractivity contribution in [3.05, 3.63) is 65.2 Å². The highest BCUT2D eigenvalue weighted by Gasteiger charge is 2.47. The number of benzene rings is 2. The first kappa shape index (κ1) is 15.4. The van der Waals surface area contributed by atoms with E-state index in [1.54, 1.807) is 24.3 Å². The predicted octanol–water partition coefficient (Wildman–Crippen LogP) is 2.56. The molecule has 0 saturated carbocycles. The molecular formula is C19H19NO3S. The van der Waals surface area contributed by atoms with Gasteiger partial charge in [0.15, 0.2) is 0 Å². The highest BCUT2D eigenvalue weighted by molar-refractivity contribution is 7.89. The van der Waals surface area contributed by atoms with Gasteiger partial charge in [-0.1, -0.05) is 42.0 Å². The summed E-state index contributed by atoms with van der Waals surface area (Å²) in [5, 5.41) is 0. The summed E-state index contributed by atoms with van der Waals surface area (Å²) in [5.41, 5.74) is 3.40. The van der Waals surface area contributed by atoms with Crippen molar-refractivity contribution < 1.29 is 13.2 Å². The molecule has 4 nitrogen and oxygen atoms in total. The second kappa shape index (κ2) is 5.45. The first-order valence-corrected chi connectivity index (χ1v) is 9.61. The molecule has 0 spiro atoms. The predicted molar refractivity (Wildman–Crippen MR) is 90.9 cm³/mol. The van der Waals surface area contributed by atoms with Crippen LogP contribution >= 0.6 is 0 Å². The first-order valence-electron chi connectivity index (χ1n) is 8.17. The van der Waals surface area contributed by atoms with Crippen molar-refractivity contribution in [2.45, 2.75) is 24.7 Å². The summed E-state index contributed by atoms with van der Waals surface area (Å²) in [4.78, 5) is 13.0. The van der Waals surface area contributed by atoms with E-state index in [1.807, 2.05) is 25.1 Å². The molecule has 2 aromatic rings. The average Bonchev–Trinajstić information content (AvgIpc) is 2.90. The molecule has 0 radical (unpaired) electrons. The van der Waals surface area contributed by atoms with Crippen LogP contribution in [0.1, 0.15) is 16.7 Å². The van der Waals surface area contributed by atoms with Gasteiger partial charge < -0.3 is 0 Å². The molecule has 5 heteroatoms. The van der Waals surface area contributed by atoms with Gasteiger partial charge in [-0.2, -0.15) is 0 Å². The summed E-state index contributed by atoms with van der Waals surface area (Å²) >= 11 is 0. The molecule has 1 aliphatic carbocycles. The van der Waals surface area contributed by atoms with Gasteiger partial charge in [-0.25, -0.2) is 12.7 Å². The van der Waals surface area contributed by atoms with E-state index in [9.17, 15) is 13.2 Å². The molecule has 0 unspecified atom stereocenters. The number of aryl methyl sites for hydroxylation is 1. The summed E-state index contributed by atoms with van der Waals surface area (Å²) in [6, 6.07) is 14.8. The van der Waals surface area contributed by atoms with Crippen LogP contribution in [0.3, 0.4) is 0 Å². The molecule has 4 rings (SSSR count). The van der Waals surface area contributed by atoms with Gasteiger partial charge in [0.25, 0.3) is 10.0 Å². The Morgan fingerprint density at radius 3 is 2.25 bits per heavy atom. The molecule has 1 saturated heterocycles. The number of hydrogen-bond acceptors (Lipinski definition) is 3. The van der Waals surface area contributed by atoms with Gasteiger partial charge in [0.1, 0.15) is 0 Å². The van der Waals surface area contributed by atoms with Crippen LogP contribution in [0.4, 0.5) is 0 Å². The van der Waals surface area contributed by atoms with E-state index < -0.39 is 10.0 Å². The third-order valence-corrected chi connectivity index (χ3v) is 6.96. The molecule has 1 fully saturated rings. The molecule has 1 amide bonds. The van der Waals surface area contributed by atoms with Crippen molar-refractivity contribution in [2.75, 3.05) is 6.54 Å². The molecule has 0 aromatic heterocycles. The Labute approximate surface area is 142 Å². The Kier molecular flexibility index (Phi) is 3.49. The third kappa shape index (κ3) is 2.35. The van der Waals surface area contributed by atoms with Crippen LogP contribution < -0.4 is 0 Å². The van der Waals surface area contributed by atoms with E-state index in [4.69, 9.17) is 0 Å². The van der Waals surface area contributed by atoms with Crippen molar-refractivity contribution >= 4 is 15.9 Å². The highest BCUT2D eigenvalue weighted by atomic mass is 32.2. The second-order valence-electron chi connectivity index (χ2n) is 6.73. The van der Waals surface area contributed by atoms with Gasteiger partial charge in [0, 0.05) is 12.5 Å². The van der Waals surface area contributed by atoms with Gasteiger partial charge >= 0.3 is 0 Å². The maximum atomic E-state index is 12.9. The maximum Gasteiger partial charge on any atom is 0.266 e. The molecule has 124 valence electrons. The van der Waals surface area contributed by atoms with Gasteiger partial charge in [0.2, 0.25) is 5.91 Å². The van der Waals surface area contributed by atoms with E-state index in [-0.39, 0.29) is 29.2 Å². The average molecular weight is 341 g/mol. The van der Waals surface area contributed by atoms with Gasteiger partial charge in [-0.3, -0.25) is 4.79 Å². The number of nitrogens with zero attached hydrogens (tertiary/aromatic N) is 1. The summed E-state index contributed by atoms with van der Waals surface area (Å²) in [7, 11) is -3.77. The largest absolute Gasteiger partial charge is 0.273 e. The Hall–Kier alpha value is -2.14. The van der Waals surface area contributed by atoms with Crippen LogP contribution in [0.25, 0.3) is 0 Å². The Bertz CT molecular complexity index is 902. The Balaban J connectivity index is 1.66. The minimum Gasteiger partial charge on any atom is -0.273 e. The van der Waals surface area contributed by atoms with E-state index in [0.717, 1.165) is 16.3 Å². The first-order chi connectivity index (χ1) is 11.5. The van der Waals surface area contributed by atoms with Gasteiger partial charge in [-0.05, 0) is 48.9 Å². The van der Waals surface area contributed by atoms with Crippen molar-refractivity contribution in [2.24, 2.45) is 11.8 Å². The van der Waals surface area contributed by atoms with Gasteiger partial charge in [-0.15, -0.1) is 0 Å².